The molecule has 2 aliphatic rings. The van der Waals surface area contributed by atoms with Crippen molar-refractivity contribution in [3.05, 3.63) is 42.0 Å². The van der Waals surface area contributed by atoms with Crippen LogP contribution in [0.15, 0.2) is 41.3 Å². The summed E-state index contributed by atoms with van der Waals surface area (Å²) >= 11 is 0. The average Bonchev–Trinajstić information content (AvgIpc) is 3.08. The van der Waals surface area contributed by atoms with E-state index in [0.29, 0.717) is 24.2 Å². The van der Waals surface area contributed by atoms with Crippen molar-refractivity contribution in [3.63, 3.8) is 0 Å². The number of allylic oxidation sites excluding steroid dienone is 2. The quantitative estimate of drug-likeness (QED) is 0.665. The van der Waals surface area contributed by atoms with Crippen LogP contribution in [0.3, 0.4) is 0 Å². The maximum absolute atomic E-state index is 11.9. The van der Waals surface area contributed by atoms with E-state index in [9.17, 15) is 13.2 Å². The maximum atomic E-state index is 11.9. The first kappa shape index (κ1) is 13.4. The van der Waals surface area contributed by atoms with Gasteiger partial charge in [0.1, 0.15) is 5.88 Å². The van der Waals surface area contributed by atoms with E-state index in [2.05, 4.69) is 17.5 Å². The SMILES string of the molecule is O=CNCS(=O)(=O)c1ccc(C2CC3C=CC2C3)cc1. The molecule has 3 atom stereocenters. The smallest absolute Gasteiger partial charge is 0.207 e. The summed E-state index contributed by atoms with van der Waals surface area (Å²) in [5.41, 5.74) is 1.21. The van der Waals surface area contributed by atoms with E-state index in [1.54, 1.807) is 12.1 Å². The van der Waals surface area contributed by atoms with E-state index in [1.165, 1.54) is 18.4 Å². The molecular weight excluding hydrogens is 274 g/mol. The molecule has 0 radical (unpaired) electrons. The van der Waals surface area contributed by atoms with Crippen LogP contribution >= 0.6 is 0 Å². The van der Waals surface area contributed by atoms with Gasteiger partial charge in [-0.25, -0.2) is 8.42 Å². The van der Waals surface area contributed by atoms with Crippen molar-refractivity contribution < 1.29 is 13.2 Å². The molecule has 20 heavy (non-hydrogen) atoms. The van der Waals surface area contributed by atoms with Gasteiger partial charge < -0.3 is 5.32 Å². The summed E-state index contributed by atoms with van der Waals surface area (Å²) in [6.45, 7) is 0. The fourth-order valence-corrected chi connectivity index (χ4v) is 4.32. The molecule has 2 aliphatic carbocycles. The number of fused-ring (bicyclic) bond motifs is 2. The van der Waals surface area contributed by atoms with Gasteiger partial charge in [-0.1, -0.05) is 24.3 Å². The van der Waals surface area contributed by atoms with Crippen LogP contribution in [0, 0.1) is 11.8 Å². The predicted molar refractivity (Wildman–Crippen MR) is 75.8 cm³/mol. The summed E-state index contributed by atoms with van der Waals surface area (Å²) in [6, 6.07) is 7.11. The highest BCUT2D eigenvalue weighted by atomic mass is 32.2. The Morgan fingerprint density at radius 3 is 2.45 bits per heavy atom. The number of hydrogen-bond acceptors (Lipinski definition) is 3. The van der Waals surface area contributed by atoms with Crippen LogP contribution in [0.5, 0.6) is 0 Å². The number of amides is 1. The van der Waals surface area contributed by atoms with E-state index in [-0.39, 0.29) is 10.8 Å². The molecule has 5 heteroatoms. The van der Waals surface area contributed by atoms with Crippen LogP contribution in [0.25, 0.3) is 0 Å². The number of rotatable bonds is 5. The standard InChI is InChI=1S/C15H17NO3S/c17-9-16-10-20(18,19)14-5-3-12(4-6-14)15-8-11-1-2-13(15)7-11/h1-6,9,11,13,15H,7-8,10H2,(H,16,17). The third-order valence-corrected chi connectivity index (χ3v) is 5.84. The minimum absolute atomic E-state index is 0.259. The molecule has 1 aromatic rings. The molecule has 0 heterocycles. The molecule has 1 fully saturated rings. The third kappa shape index (κ3) is 2.38. The fraction of sp³-hybridized carbons (Fsp3) is 0.400. The second-order valence-corrected chi connectivity index (χ2v) is 7.53. The number of benzene rings is 1. The molecule has 1 amide bonds. The Hall–Kier alpha value is -1.62. The van der Waals surface area contributed by atoms with E-state index in [0.717, 1.165) is 0 Å². The summed E-state index contributed by atoms with van der Waals surface area (Å²) in [5.74, 6) is 1.48. The van der Waals surface area contributed by atoms with Crippen molar-refractivity contribution in [2.75, 3.05) is 5.88 Å². The second kappa shape index (κ2) is 5.05. The monoisotopic (exact) mass is 291 g/mol. The number of sulfone groups is 1. The zero-order valence-corrected chi connectivity index (χ0v) is 11.8. The van der Waals surface area contributed by atoms with Crippen LogP contribution in [0.2, 0.25) is 0 Å². The number of carbonyl (C=O) groups is 1. The van der Waals surface area contributed by atoms with Gasteiger partial charge in [0.25, 0.3) is 0 Å². The Labute approximate surface area is 118 Å². The lowest BCUT2D eigenvalue weighted by Gasteiger charge is -2.18. The summed E-state index contributed by atoms with van der Waals surface area (Å²) in [5, 5.41) is 2.20. The van der Waals surface area contributed by atoms with E-state index in [4.69, 9.17) is 0 Å². The average molecular weight is 291 g/mol. The van der Waals surface area contributed by atoms with E-state index < -0.39 is 9.84 Å². The first-order chi connectivity index (χ1) is 9.60. The Morgan fingerprint density at radius 2 is 1.90 bits per heavy atom. The van der Waals surface area contributed by atoms with Gasteiger partial charge in [0, 0.05) is 0 Å². The summed E-state index contributed by atoms with van der Waals surface area (Å²) < 4.78 is 23.8. The molecule has 0 spiro atoms. The highest BCUT2D eigenvalue weighted by molar-refractivity contribution is 7.91. The Bertz CT molecular complexity index is 634. The van der Waals surface area contributed by atoms with Gasteiger partial charge in [0.2, 0.25) is 6.41 Å². The molecular formula is C15H17NO3S. The van der Waals surface area contributed by atoms with E-state index >= 15 is 0 Å². The van der Waals surface area contributed by atoms with Gasteiger partial charge in [-0.15, -0.1) is 0 Å². The molecule has 1 N–H and O–H groups in total. The molecule has 0 aliphatic heterocycles. The van der Waals surface area contributed by atoms with Gasteiger partial charge in [0.05, 0.1) is 4.90 Å². The molecule has 1 aromatic carbocycles. The first-order valence-electron chi connectivity index (χ1n) is 6.78. The minimum atomic E-state index is -3.43. The van der Waals surface area contributed by atoms with Crippen LogP contribution in [0.1, 0.15) is 24.3 Å². The van der Waals surface area contributed by atoms with Crippen LogP contribution in [0.4, 0.5) is 0 Å². The van der Waals surface area contributed by atoms with E-state index in [1.807, 2.05) is 12.1 Å². The lowest BCUT2D eigenvalue weighted by Crippen LogP contribution is -2.21. The molecule has 1 saturated carbocycles. The minimum Gasteiger partial charge on any atom is -0.344 e. The van der Waals surface area contributed by atoms with Crippen molar-refractivity contribution >= 4 is 16.2 Å². The molecule has 3 rings (SSSR count). The molecule has 2 bridgehead atoms. The molecule has 106 valence electrons. The van der Waals surface area contributed by atoms with Gasteiger partial charge in [0.15, 0.2) is 9.84 Å². The number of carbonyl (C=O) groups excluding carboxylic acids is 1. The predicted octanol–water partition coefficient (Wildman–Crippen LogP) is 1.84. The zero-order chi connectivity index (χ0) is 14.2. The van der Waals surface area contributed by atoms with Crippen molar-refractivity contribution in [2.45, 2.75) is 23.7 Å². The summed E-state index contributed by atoms with van der Waals surface area (Å²) in [6.07, 6.45) is 7.38. The topological polar surface area (TPSA) is 63.2 Å². The van der Waals surface area contributed by atoms with Crippen LogP contribution < -0.4 is 5.32 Å². The maximum Gasteiger partial charge on any atom is 0.207 e. The first-order valence-corrected chi connectivity index (χ1v) is 8.43. The van der Waals surface area contributed by atoms with Crippen molar-refractivity contribution in [2.24, 2.45) is 11.8 Å². The zero-order valence-electron chi connectivity index (χ0n) is 11.0. The van der Waals surface area contributed by atoms with Gasteiger partial charge >= 0.3 is 0 Å². The largest absolute Gasteiger partial charge is 0.344 e. The van der Waals surface area contributed by atoms with Crippen molar-refractivity contribution in [1.29, 1.82) is 0 Å². The van der Waals surface area contributed by atoms with Crippen LogP contribution in [-0.4, -0.2) is 20.7 Å². The Balaban J connectivity index is 1.78. The summed E-state index contributed by atoms with van der Waals surface area (Å²) in [4.78, 5) is 10.5. The lowest BCUT2D eigenvalue weighted by atomic mass is 9.87. The van der Waals surface area contributed by atoms with Crippen molar-refractivity contribution in [1.82, 2.24) is 5.32 Å². The molecule has 3 unspecified atom stereocenters. The second-order valence-electron chi connectivity index (χ2n) is 5.54. The third-order valence-electron chi connectivity index (χ3n) is 4.30. The fourth-order valence-electron chi connectivity index (χ4n) is 3.31. The highest BCUT2D eigenvalue weighted by Crippen LogP contribution is 2.48. The van der Waals surface area contributed by atoms with Crippen molar-refractivity contribution in [3.8, 4) is 0 Å². The Kier molecular flexibility index (Phi) is 3.38. The van der Waals surface area contributed by atoms with Gasteiger partial charge in [-0.2, -0.15) is 0 Å². The van der Waals surface area contributed by atoms with Gasteiger partial charge in [-0.3, -0.25) is 4.79 Å². The summed E-state index contributed by atoms with van der Waals surface area (Å²) in [7, 11) is -3.43. The van der Waals surface area contributed by atoms with Crippen LogP contribution in [-0.2, 0) is 14.6 Å². The molecule has 0 saturated heterocycles. The molecule has 0 aromatic heterocycles. The number of nitrogens with one attached hydrogen (secondary N) is 1. The van der Waals surface area contributed by atoms with Gasteiger partial charge in [-0.05, 0) is 48.3 Å². The lowest BCUT2D eigenvalue weighted by molar-refractivity contribution is -0.109. The molecule has 4 nitrogen and oxygen atoms in total. The number of hydrogen-bond donors (Lipinski definition) is 1. The Morgan fingerprint density at radius 1 is 1.15 bits per heavy atom. The normalized spacial score (nSPS) is 27.7. The highest BCUT2D eigenvalue weighted by Gasteiger charge is 2.36.